The summed E-state index contributed by atoms with van der Waals surface area (Å²) in [5.74, 6) is -0.449. The Balaban J connectivity index is 2.29. The van der Waals surface area contributed by atoms with Gasteiger partial charge in [-0.1, -0.05) is 0 Å². The van der Waals surface area contributed by atoms with E-state index in [1.54, 1.807) is 0 Å². The van der Waals surface area contributed by atoms with Gasteiger partial charge in [0.25, 0.3) is 5.69 Å². The van der Waals surface area contributed by atoms with Crippen molar-refractivity contribution in [2.75, 3.05) is 6.61 Å². The van der Waals surface area contributed by atoms with E-state index in [0.29, 0.717) is 6.07 Å². The topological polar surface area (TPSA) is 186 Å². The Hall–Kier alpha value is -2.38. The number of nitro benzene ring substituents is 2. The summed E-state index contributed by atoms with van der Waals surface area (Å²) >= 11 is 0. The summed E-state index contributed by atoms with van der Waals surface area (Å²) < 4.78 is 10.2. The lowest BCUT2D eigenvalue weighted by molar-refractivity contribution is -0.395. The Morgan fingerprint density at radius 2 is 1.75 bits per heavy atom. The SMILES string of the molecule is O=[N+]([O-])c1ccc(O[C@H]2O[C@H](CO)[C@H](O)[C@H](O)[C@H]2O)c([N+](=O)[O-])c1. The Kier molecular flexibility index (Phi) is 5.26. The van der Waals surface area contributed by atoms with Gasteiger partial charge in [-0.15, -0.1) is 0 Å². The van der Waals surface area contributed by atoms with Crippen molar-refractivity contribution in [2.45, 2.75) is 30.7 Å². The van der Waals surface area contributed by atoms with Crippen LogP contribution in [0.5, 0.6) is 5.75 Å². The van der Waals surface area contributed by atoms with Crippen molar-refractivity contribution in [2.24, 2.45) is 0 Å². The number of hydrogen-bond donors (Lipinski definition) is 4. The quantitative estimate of drug-likeness (QED) is 0.368. The summed E-state index contributed by atoms with van der Waals surface area (Å²) in [7, 11) is 0. The molecule has 0 radical (unpaired) electrons. The highest BCUT2D eigenvalue weighted by Gasteiger charge is 2.45. The molecule has 1 aliphatic rings. The zero-order chi connectivity index (χ0) is 18.0. The van der Waals surface area contributed by atoms with Gasteiger partial charge in [-0.05, 0) is 6.07 Å². The highest BCUT2D eigenvalue weighted by molar-refractivity contribution is 5.53. The molecule has 1 fully saturated rings. The number of aliphatic hydroxyl groups is 4. The fourth-order valence-corrected chi connectivity index (χ4v) is 2.15. The molecule has 24 heavy (non-hydrogen) atoms. The second-order valence-electron chi connectivity index (χ2n) is 4.98. The summed E-state index contributed by atoms with van der Waals surface area (Å²) in [6.45, 7) is -0.701. The first-order valence-electron chi connectivity index (χ1n) is 6.66. The molecule has 12 nitrogen and oxygen atoms in total. The third-order valence-corrected chi connectivity index (χ3v) is 3.44. The van der Waals surface area contributed by atoms with Crippen LogP contribution in [0.25, 0.3) is 0 Å². The standard InChI is InChI=1S/C12H14N2O10/c15-4-8-9(16)10(17)11(18)12(24-8)23-7-2-1-5(13(19)20)3-6(7)14(21)22/h1-3,8-12,15-18H,4H2/t8-,9+,10+,11-,12+/m1/s1. The highest BCUT2D eigenvalue weighted by atomic mass is 16.7. The minimum Gasteiger partial charge on any atom is -0.455 e. The molecule has 1 aliphatic heterocycles. The second kappa shape index (κ2) is 7.02. The number of aliphatic hydroxyl groups excluding tert-OH is 4. The van der Waals surface area contributed by atoms with Crippen LogP contribution in [0.3, 0.4) is 0 Å². The van der Waals surface area contributed by atoms with E-state index in [9.17, 15) is 35.5 Å². The predicted molar refractivity (Wildman–Crippen MR) is 74.1 cm³/mol. The fraction of sp³-hybridized carbons (Fsp3) is 0.500. The van der Waals surface area contributed by atoms with Crippen LogP contribution >= 0.6 is 0 Å². The lowest BCUT2D eigenvalue weighted by Gasteiger charge is -2.39. The molecule has 0 bridgehead atoms. The third kappa shape index (κ3) is 3.42. The predicted octanol–water partition coefficient (Wildman–Crippen LogP) is -1.32. The molecule has 4 N–H and O–H groups in total. The summed E-state index contributed by atoms with van der Waals surface area (Å²) in [5.41, 5.74) is -1.29. The maximum Gasteiger partial charge on any atom is 0.317 e. The van der Waals surface area contributed by atoms with E-state index in [0.717, 1.165) is 12.1 Å². The fourth-order valence-electron chi connectivity index (χ4n) is 2.15. The number of hydrogen-bond acceptors (Lipinski definition) is 10. The summed E-state index contributed by atoms with van der Waals surface area (Å²) in [6, 6.07) is 2.56. The van der Waals surface area contributed by atoms with Crippen molar-refractivity contribution >= 4 is 11.4 Å². The average Bonchev–Trinajstić information content (AvgIpc) is 2.55. The Labute approximate surface area is 133 Å². The molecule has 0 aromatic heterocycles. The molecule has 12 heteroatoms. The van der Waals surface area contributed by atoms with Gasteiger partial charge in [0.2, 0.25) is 12.0 Å². The Morgan fingerprint density at radius 1 is 1.08 bits per heavy atom. The van der Waals surface area contributed by atoms with E-state index in [1.807, 2.05) is 0 Å². The molecule has 0 aliphatic carbocycles. The molecule has 5 atom stereocenters. The lowest BCUT2D eigenvalue weighted by atomic mass is 9.99. The van der Waals surface area contributed by atoms with E-state index in [-0.39, 0.29) is 0 Å². The van der Waals surface area contributed by atoms with Crippen LogP contribution < -0.4 is 4.74 Å². The van der Waals surface area contributed by atoms with E-state index in [1.165, 1.54) is 0 Å². The van der Waals surface area contributed by atoms with E-state index in [2.05, 4.69) is 0 Å². The first-order valence-corrected chi connectivity index (χ1v) is 6.66. The van der Waals surface area contributed by atoms with Crippen molar-refractivity contribution in [3.8, 4) is 5.75 Å². The van der Waals surface area contributed by atoms with Crippen LogP contribution in [0.1, 0.15) is 0 Å². The van der Waals surface area contributed by atoms with Gasteiger partial charge >= 0.3 is 5.69 Å². The molecule has 1 saturated heterocycles. The van der Waals surface area contributed by atoms with Crippen molar-refractivity contribution < 1.29 is 39.7 Å². The van der Waals surface area contributed by atoms with E-state index in [4.69, 9.17) is 14.6 Å². The number of nitro groups is 2. The van der Waals surface area contributed by atoms with Gasteiger partial charge in [0, 0.05) is 6.07 Å². The number of non-ortho nitro benzene ring substituents is 1. The smallest absolute Gasteiger partial charge is 0.317 e. The molecular formula is C12H14N2O10. The van der Waals surface area contributed by atoms with Gasteiger partial charge in [-0.2, -0.15) is 0 Å². The molecule has 1 heterocycles. The Morgan fingerprint density at radius 3 is 2.29 bits per heavy atom. The maximum absolute atomic E-state index is 11.0. The molecule has 0 unspecified atom stereocenters. The van der Waals surface area contributed by atoms with Crippen LogP contribution in [-0.4, -0.2) is 67.6 Å². The van der Waals surface area contributed by atoms with Gasteiger partial charge < -0.3 is 29.9 Å². The van der Waals surface area contributed by atoms with Gasteiger partial charge in [-0.3, -0.25) is 20.2 Å². The summed E-state index contributed by atoms with van der Waals surface area (Å²) in [4.78, 5) is 20.0. The van der Waals surface area contributed by atoms with Crippen LogP contribution in [0, 0.1) is 20.2 Å². The first-order chi connectivity index (χ1) is 11.3. The minimum absolute atomic E-state index is 0.449. The second-order valence-corrected chi connectivity index (χ2v) is 4.98. The molecule has 0 saturated carbocycles. The molecule has 132 valence electrons. The number of benzene rings is 1. The van der Waals surface area contributed by atoms with Crippen LogP contribution in [-0.2, 0) is 4.74 Å². The first kappa shape index (κ1) is 18.0. The van der Waals surface area contributed by atoms with E-state index >= 15 is 0 Å². The van der Waals surface area contributed by atoms with Gasteiger partial charge in [0.05, 0.1) is 22.5 Å². The highest BCUT2D eigenvalue weighted by Crippen LogP contribution is 2.33. The number of nitrogens with zero attached hydrogens (tertiary/aromatic N) is 2. The van der Waals surface area contributed by atoms with Crippen molar-refractivity contribution in [3.05, 3.63) is 38.4 Å². The average molecular weight is 346 g/mol. The molecular weight excluding hydrogens is 332 g/mol. The molecule has 1 aromatic rings. The van der Waals surface area contributed by atoms with Crippen LogP contribution in [0.4, 0.5) is 11.4 Å². The monoisotopic (exact) mass is 346 g/mol. The third-order valence-electron chi connectivity index (χ3n) is 3.44. The maximum atomic E-state index is 11.0. The molecule has 1 aromatic carbocycles. The van der Waals surface area contributed by atoms with E-state index < -0.39 is 64.3 Å². The molecule has 0 spiro atoms. The lowest BCUT2D eigenvalue weighted by Crippen LogP contribution is -2.60. The van der Waals surface area contributed by atoms with Gasteiger partial charge in [-0.25, -0.2) is 0 Å². The Bertz CT molecular complexity index is 636. The van der Waals surface area contributed by atoms with Crippen molar-refractivity contribution in [3.63, 3.8) is 0 Å². The molecule has 2 rings (SSSR count). The summed E-state index contributed by atoms with van der Waals surface area (Å²) in [5, 5.41) is 59.9. The summed E-state index contributed by atoms with van der Waals surface area (Å²) in [6.07, 6.45) is -8.00. The van der Waals surface area contributed by atoms with Crippen molar-refractivity contribution in [1.29, 1.82) is 0 Å². The molecule has 0 amide bonds. The van der Waals surface area contributed by atoms with Crippen molar-refractivity contribution in [1.82, 2.24) is 0 Å². The van der Waals surface area contributed by atoms with Crippen LogP contribution in [0.15, 0.2) is 18.2 Å². The largest absolute Gasteiger partial charge is 0.455 e. The zero-order valence-electron chi connectivity index (χ0n) is 12.0. The number of rotatable bonds is 5. The van der Waals surface area contributed by atoms with Gasteiger partial charge in [0.15, 0.2) is 0 Å². The number of ether oxygens (including phenoxy) is 2. The minimum atomic E-state index is -1.77. The normalized spacial score (nSPS) is 29.9. The van der Waals surface area contributed by atoms with Crippen LogP contribution in [0.2, 0.25) is 0 Å². The zero-order valence-corrected chi connectivity index (χ0v) is 12.0. The van der Waals surface area contributed by atoms with Gasteiger partial charge in [0.1, 0.15) is 24.4 Å².